The minimum absolute atomic E-state index is 0.0303. The Labute approximate surface area is 117 Å². The maximum Gasteiger partial charge on any atom is 0.259 e. The summed E-state index contributed by atoms with van der Waals surface area (Å²) >= 11 is 0. The number of benzene rings is 2. The molecule has 0 bridgehead atoms. The summed E-state index contributed by atoms with van der Waals surface area (Å²) in [7, 11) is 1.29. The average Bonchev–Trinajstić information content (AvgIpc) is 2.42. The van der Waals surface area contributed by atoms with Gasteiger partial charge in [0.05, 0.1) is 12.7 Å². The highest BCUT2D eigenvalue weighted by atomic mass is 19.1. The van der Waals surface area contributed by atoms with Crippen molar-refractivity contribution in [2.75, 3.05) is 12.4 Å². The van der Waals surface area contributed by atoms with Gasteiger partial charge in [0.1, 0.15) is 11.5 Å². The Kier molecular flexibility index (Phi) is 4.02. The van der Waals surface area contributed by atoms with Crippen molar-refractivity contribution in [1.82, 2.24) is 0 Å². The van der Waals surface area contributed by atoms with Crippen molar-refractivity contribution >= 4 is 11.6 Å². The molecule has 0 unspecified atom stereocenters. The number of methoxy groups -OCH3 is 1. The van der Waals surface area contributed by atoms with Gasteiger partial charge in [0.2, 0.25) is 0 Å². The molecule has 2 aromatic carbocycles. The molecule has 2 N–H and O–H groups in total. The smallest absolute Gasteiger partial charge is 0.259 e. The van der Waals surface area contributed by atoms with Crippen molar-refractivity contribution in [2.24, 2.45) is 0 Å². The van der Waals surface area contributed by atoms with Crippen LogP contribution >= 0.6 is 0 Å². The minimum atomic E-state index is -1.26. The number of nitrogens with one attached hydrogen (secondary N) is 1. The second-order valence-electron chi connectivity index (χ2n) is 4.05. The number of para-hydroxylation sites is 1. The van der Waals surface area contributed by atoms with Crippen LogP contribution in [0.15, 0.2) is 30.3 Å². The van der Waals surface area contributed by atoms with Crippen LogP contribution in [-0.2, 0) is 0 Å². The van der Waals surface area contributed by atoms with Gasteiger partial charge < -0.3 is 15.2 Å². The number of aromatic hydroxyl groups is 1. The lowest BCUT2D eigenvalue weighted by atomic mass is 10.1. The number of halogens is 3. The fourth-order valence-electron chi connectivity index (χ4n) is 1.71. The highest BCUT2D eigenvalue weighted by Crippen LogP contribution is 2.30. The SMILES string of the molecule is COc1cccc(C(=O)Nc2c(F)cc(F)cc2F)c1O. The summed E-state index contributed by atoms with van der Waals surface area (Å²) in [5.41, 5.74) is -1.04. The van der Waals surface area contributed by atoms with E-state index in [1.807, 2.05) is 5.32 Å². The zero-order chi connectivity index (χ0) is 15.6. The Morgan fingerprint density at radius 3 is 2.38 bits per heavy atom. The summed E-state index contributed by atoms with van der Waals surface area (Å²) in [6.45, 7) is 0. The normalized spacial score (nSPS) is 10.3. The molecule has 0 saturated heterocycles. The van der Waals surface area contributed by atoms with Gasteiger partial charge in [-0.15, -0.1) is 0 Å². The molecular formula is C14H10F3NO3. The summed E-state index contributed by atoms with van der Waals surface area (Å²) < 4.78 is 44.5. The van der Waals surface area contributed by atoms with Crippen LogP contribution in [0.1, 0.15) is 10.4 Å². The zero-order valence-electron chi connectivity index (χ0n) is 10.8. The van der Waals surface area contributed by atoms with Crippen molar-refractivity contribution in [2.45, 2.75) is 0 Å². The molecule has 0 aliphatic heterocycles. The van der Waals surface area contributed by atoms with Gasteiger partial charge in [0, 0.05) is 12.1 Å². The molecule has 0 fully saturated rings. The van der Waals surface area contributed by atoms with Gasteiger partial charge in [-0.25, -0.2) is 13.2 Å². The Morgan fingerprint density at radius 2 is 1.81 bits per heavy atom. The number of hydrogen-bond donors (Lipinski definition) is 2. The molecule has 110 valence electrons. The van der Waals surface area contributed by atoms with E-state index in [4.69, 9.17) is 4.74 Å². The number of carbonyl (C=O) groups is 1. The molecule has 0 atom stereocenters. The zero-order valence-corrected chi connectivity index (χ0v) is 10.8. The van der Waals surface area contributed by atoms with Gasteiger partial charge in [-0.05, 0) is 12.1 Å². The number of amides is 1. The molecule has 2 rings (SSSR count). The number of carbonyl (C=O) groups excluding carboxylic acids is 1. The maximum absolute atomic E-state index is 13.5. The Bertz CT molecular complexity index is 681. The third kappa shape index (κ3) is 2.91. The fourth-order valence-corrected chi connectivity index (χ4v) is 1.71. The molecule has 0 saturated carbocycles. The molecule has 4 nitrogen and oxygen atoms in total. The number of phenols is 1. The molecule has 0 radical (unpaired) electrons. The maximum atomic E-state index is 13.5. The first-order valence-electron chi connectivity index (χ1n) is 5.76. The van der Waals surface area contributed by atoms with Crippen molar-refractivity contribution in [3.8, 4) is 11.5 Å². The van der Waals surface area contributed by atoms with E-state index >= 15 is 0 Å². The highest BCUT2D eigenvalue weighted by molar-refractivity contribution is 6.06. The Balaban J connectivity index is 2.35. The summed E-state index contributed by atoms with van der Waals surface area (Å²) in [6, 6.07) is 4.94. The second kappa shape index (κ2) is 5.74. The van der Waals surface area contributed by atoms with E-state index < -0.39 is 34.8 Å². The van der Waals surface area contributed by atoms with Gasteiger partial charge >= 0.3 is 0 Å². The van der Waals surface area contributed by atoms with E-state index in [9.17, 15) is 23.1 Å². The monoisotopic (exact) mass is 297 g/mol. The van der Waals surface area contributed by atoms with Crippen LogP contribution in [0.25, 0.3) is 0 Å². The third-order valence-corrected chi connectivity index (χ3v) is 2.71. The lowest BCUT2D eigenvalue weighted by Gasteiger charge is -2.10. The quantitative estimate of drug-likeness (QED) is 0.915. The molecule has 7 heteroatoms. The number of phenolic OH excluding ortho intramolecular Hbond substituents is 1. The van der Waals surface area contributed by atoms with E-state index in [1.54, 1.807) is 0 Å². The predicted molar refractivity (Wildman–Crippen MR) is 68.9 cm³/mol. The van der Waals surface area contributed by atoms with Gasteiger partial charge in [-0.2, -0.15) is 0 Å². The van der Waals surface area contributed by atoms with Gasteiger partial charge in [0.15, 0.2) is 23.1 Å². The Morgan fingerprint density at radius 1 is 1.19 bits per heavy atom. The minimum Gasteiger partial charge on any atom is -0.504 e. The molecule has 0 spiro atoms. The average molecular weight is 297 g/mol. The molecule has 21 heavy (non-hydrogen) atoms. The largest absolute Gasteiger partial charge is 0.504 e. The molecule has 0 aliphatic carbocycles. The molecule has 0 heterocycles. The Hall–Kier alpha value is -2.70. The van der Waals surface area contributed by atoms with E-state index in [0.717, 1.165) is 0 Å². The van der Waals surface area contributed by atoms with E-state index in [-0.39, 0.29) is 11.3 Å². The summed E-state index contributed by atoms with van der Waals surface area (Å²) in [4.78, 5) is 11.9. The molecule has 2 aromatic rings. The summed E-state index contributed by atoms with van der Waals surface area (Å²) in [6.07, 6.45) is 0. The molecule has 0 aliphatic rings. The topological polar surface area (TPSA) is 58.6 Å². The van der Waals surface area contributed by atoms with Crippen LogP contribution in [0.2, 0.25) is 0 Å². The van der Waals surface area contributed by atoms with Gasteiger partial charge in [0.25, 0.3) is 5.91 Å². The van der Waals surface area contributed by atoms with Crippen molar-refractivity contribution in [1.29, 1.82) is 0 Å². The van der Waals surface area contributed by atoms with E-state index in [0.29, 0.717) is 12.1 Å². The van der Waals surface area contributed by atoms with Crippen LogP contribution in [-0.4, -0.2) is 18.1 Å². The first-order chi connectivity index (χ1) is 9.93. The van der Waals surface area contributed by atoms with E-state index in [2.05, 4.69) is 0 Å². The van der Waals surface area contributed by atoms with Crippen LogP contribution in [0.3, 0.4) is 0 Å². The van der Waals surface area contributed by atoms with Crippen LogP contribution in [0, 0.1) is 17.5 Å². The third-order valence-electron chi connectivity index (χ3n) is 2.71. The van der Waals surface area contributed by atoms with E-state index in [1.165, 1.54) is 25.3 Å². The van der Waals surface area contributed by atoms with Gasteiger partial charge in [-0.3, -0.25) is 4.79 Å². The fraction of sp³-hybridized carbons (Fsp3) is 0.0714. The van der Waals surface area contributed by atoms with Crippen molar-refractivity contribution in [3.05, 3.63) is 53.3 Å². The molecular weight excluding hydrogens is 287 g/mol. The number of rotatable bonds is 3. The first-order valence-corrected chi connectivity index (χ1v) is 5.76. The lowest BCUT2D eigenvalue weighted by Crippen LogP contribution is -2.15. The first kappa shape index (κ1) is 14.7. The van der Waals surface area contributed by atoms with Crippen LogP contribution in [0.4, 0.5) is 18.9 Å². The van der Waals surface area contributed by atoms with Crippen LogP contribution in [0.5, 0.6) is 11.5 Å². The summed E-state index contributed by atoms with van der Waals surface area (Å²) in [5.74, 6) is -5.03. The van der Waals surface area contributed by atoms with Gasteiger partial charge in [-0.1, -0.05) is 6.07 Å². The predicted octanol–water partition coefficient (Wildman–Crippen LogP) is 3.07. The second-order valence-corrected chi connectivity index (χ2v) is 4.05. The van der Waals surface area contributed by atoms with Crippen molar-refractivity contribution in [3.63, 3.8) is 0 Å². The molecule has 0 aromatic heterocycles. The van der Waals surface area contributed by atoms with Crippen molar-refractivity contribution < 1.29 is 27.8 Å². The number of ether oxygens (including phenoxy) is 1. The number of anilines is 1. The molecule has 1 amide bonds. The number of hydrogen-bond acceptors (Lipinski definition) is 3. The standard InChI is InChI=1S/C14H10F3NO3/c1-21-11-4-2-3-8(13(11)19)14(20)18-12-9(16)5-7(15)6-10(12)17/h2-6,19H,1H3,(H,18,20). The van der Waals surface area contributed by atoms with Crippen LogP contribution < -0.4 is 10.1 Å². The highest BCUT2D eigenvalue weighted by Gasteiger charge is 2.19. The lowest BCUT2D eigenvalue weighted by molar-refractivity contribution is 0.102. The summed E-state index contributed by atoms with van der Waals surface area (Å²) in [5, 5.41) is 11.7.